The predicted molar refractivity (Wildman–Crippen MR) is 83.2 cm³/mol. The number of aryl methyl sites for hydroxylation is 1. The number of rotatable bonds is 4. The number of sulfonamides is 1. The van der Waals surface area contributed by atoms with Crippen LogP contribution in [0.1, 0.15) is 25.3 Å². The van der Waals surface area contributed by atoms with Gasteiger partial charge in [-0.25, -0.2) is 8.42 Å². The maximum atomic E-state index is 13.0. The summed E-state index contributed by atoms with van der Waals surface area (Å²) in [6.45, 7) is 5.22. The van der Waals surface area contributed by atoms with E-state index in [1.165, 1.54) is 0 Å². The van der Waals surface area contributed by atoms with Crippen molar-refractivity contribution >= 4 is 10.0 Å². The molecule has 2 aliphatic rings. The van der Waals surface area contributed by atoms with Crippen LogP contribution in [-0.4, -0.2) is 50.7 Å². The second-order valence-electron chi connectivity index (χ2n) is 5.91. The van der Waals surface area contributed by atoms with Gasteiger partial charge in [-0.15, -0.1) is 0 Å². The Morgan fingerprint density at radius 1 is 1.36 bits per heavy atom. The zero-order valence-electron chi connectivity index (χ0n) is 13.1. The van der Waals surface area contributed by atoms with Gasteiger partial charge in [-0.05, 0) is 44.4 Å². The Bertz CT molecular complexity index is 631. The molecule has 3 rings (SSSR count). The normalized spacial score (nSPS) is 29.5. The van der Waals surface area contributed by atoms with Crippen molar-refractivity contribution < 1.29 is 17.9 Å². The first-order valence-corrected chi connectivity index (χ1v) is 9.29. The topological polar surface area (TPSA) is 55.8 Å². The van der Waals surface area contributed by atoms with E-state index in [9.17, 15) is 8.42 Å². The molecule has 1 aromatic rings. The standard InChI is InChI=1S/C16H23NO4S/c1-3-20-16-14-7-8-15(16)21-10-9-17(14)22(18,19)13-6-4-5-12(2)11-13/h4-6,11,14-16H,3,7-10H2,1-2H3/t14-,15-,16+/m1/s1. The second kappa shape index (κ2) is 6.28. The summed E-state index contributed by atoms with van der Waals surface area (Å²) in [6, 6.07) is 6.95. The minimum absolute atomic E-state index is 0.0164. The summed E-state index contributed by atoms with van der Waals surface area (Å²) in [6.07, 6.45) is 1.50. The van der Waals surface area contributed by atoms with E-state index in [-0.39, 0.29) is 18.2 Å². The minimum atomic E-state index is -3.52. The number of benzene rings is 1. The smallest absolute Gasteiger partial charge is 0.243 e. The Balaban J connectivity index is 1.95. The summed E-state index contributed by atoms with van der Waals surface area (Å²) in [5, 5.41) is 0. The maximum Gasteiger partial charge on any atom is 0.243 e. The Morgan fingerprint density at radius 3 is 2.91 bits per heavy atom. The van der Waals surface area contributed by atoms with Crippen molar-refractivity contribution in [3.63, 3.8) is 0 Å². The van der Waals surface area contributed by atoms with Gasteiger partial charge in [-0.2, -0.15) is 4.31 Å². The lowest BCUT2D eigenvalue weighted by atomic mass is 10.2. The molecule has 1 aliphatic carbocycles. The van der Waals surface area contributed by atoms with Crippen LogP contribution in [0.4, 0.5) is 0 Å². The van der Waals surface area contributed by atoms with Crippen LogP contribution in [0, 0.1) is 6.92 Å². The van der Waals surface area contributed by atoms with E-state index < -0.39 is 10.0 Å². The molecule has 1 heterocycles. The summed E-state index contributed by atoms with van der Waals surface area (Å²) >= 11 is 0. The molecule has 1 saturated heterocycles. The lowest BCUT2D eigenvalue weighted by molar-refractivity contribution is -0.0470. The SMILES string of the molecule is CCO[C@H]1[C@H]2CC[C@H]1OCCN2S(=O)(=O)c1cccc(C)c1. The number of ether oxygens (including phenoxy) is 2. The van der Waals surface area contributed by atoms with Crippen molar-refractivity contribution in [3.05, 3.63) is 29.8 Å². The summed E-state index contributed by atoms with van der Waals surface area (Å²) in [5.41, 5.74) is 0.942. The minimum Gasteiger partial charge on any atom is -0.374 e. The molecule has 2 fully saturated rings. The first kappa shape index (κ1) is 15.9. The quantitative estimate of drug-likeness (QED) is 0.849. The molecule has 0 amide bonds. The van der Waals surface area contributed by atoms with Crippen LogP contribution in [0.5, 0.6) is 0 Å². The van der Waals surface area contributed by atoms with E-state index in [2.05, 4.69) is 0 Å². The number of hydrogen-bond acceptors (Lipinski definition) is 4. The number of fused-ring (bicyclic) bond motifs is 2. The summed E-state index contributed by atoms with van der Waals surface area (Å²) in [7, 11) is -3.52. The zero-order chi connectivity index (χ0) is 15.7. The van der Waals surface area contributed by atoms with Crippen LogP contribution < -0.4 is 0 Å². The third-order valence-electron chi connectivity index (χ3n) is 4.46. The average Bonchev–Trinajstić information content (AvgIpc) is 2.74. The largest absolute Gasteiger partial charge is 0.374 e. The molecule has 5 nitrogen and oxygen atoms in total. The zero-order valence-corrected chi connectivity index (χ0v) is 13.9. The van der Waals surface area contributed by atoms with Crippen LogP contribution in [-0.2, 0) is 19.5 Å². The van der Waals surface area contributed by atoms with Crippen molar-refractivity contribution in [1.82, 2.24) is 4.31 Å². The van der Waals surface area contributed by atoms with Crippen molar-refractivity contribution in [2.24, 2.45) is 0 Å². The van der Waals surface area contributed by atoms with Crippen molar-refractivity contribution in [2.45, 2.75) is 49.8 Å². The van der Waals surface area contributed by atoms with Crippen LogP contribution >= 0.6 is 0 Å². The lowest BCUT2D eigenvalue weighted by Gasteiger charge is -2.30. The Kier molecular flexibility index (Phi) is 4.54. The predicted octanol–water partition coefficient (Wildman–Crippen LogP) is 1.95. The highest BCUT2D eigenvalue weighted by Gasteiger charge is 2.47. The van der Waals surface area contributed by atoms with E-state index >= 15 is 0 Å². The van der Waals surface area contributed by atoms with E-state index in [4.69, 9.17) is 9.47 Å². The molecule has 1 saturated carbocycles. The molecule has 6 heteroatoms. The average molecular weight is 325 g/mol. The van der Waals surface area contributed by atoms with Crippen LogP contribution in [0.15, 0.2) is 29.2 Å². The number of nitrogens with zero attached hydrogens (tertiary/aromatic N) is 1. The van der Waals surface area contributed by atoms with E-state index in [0.29, 0.717) is 24.7 Å². The molecule has 1 aromatic carbocycles. The molecular formula is C16H23NO4S. The number of hydrogen-bond donors (Lipinski definition) is 0. The van der Waals surface area contributed by atoms with Gasteiger partial charge in [0.25, 0.3) is 0 Å². The van der Waals surface area contributed by atoms with Crippen LogP contribution in [0.2, 0.25) is 0 Å². The maximum absolute atomic E-state index is 13.0. The molecule has 0 radical (unpaired) electrons. The van der Waals surface area contributed by atoms with Crippen molar-refractivity contribution in [3.8, 4) is 0 Å². The fourth-order valence-corrected chi connectivity index (χ4v) is 5.23. The highest BCUT2D eigenvalue weighted by Crippen LogP contribution is 2.35. The molecule has 0 spiro atoms. The van der Waals surface area contributed by atoms with Crippen LogP contribution in [0.25, 0.3) is 0 Å². The molecule has 0 aromatic heterocycles. The highest BCUT2D eigenvalue weighted by atomic mass is 32.2. The fraction of sp³-hybridized carbons (Fsp3) is 0.625. The monoisotopic (exact) mass is 325 g/mol. The molecule has 122 valence electrons. The van der Waals surface area contributed by atoms with Crippen molar-refractivity contribution in [1.29, 1.82) is 0 Å². The van der Waals surface area contributed by atoms with Gasteiger partial charge in [0.05, 0.1) is 23.6 Å². The second-order valence-corrected chi connectivity index (χ2v) is 7.80. The van der Waals surface area contributed by atoms with E-state index in [1.807, 2.05) is 19.9 Å². The Morgan fingerprint density at radius 2 is 2.18 bits per heavy atom. The van der Waals surface area contributed by atoms with Gasteiger partial charge in [-0.3, -0.25) is 0 Å². The Hall–Kier alpha value is -0.950. The highest BCUT2D eigenvalue weighted by molar-refractivity contribution is 7.89. The van der Waals surface area contributed by atoms with Crippen molar-refractivity contribution in [2.75, 3.05) is 19.8 Å². The molecule has 1 aliphatic heterocycles. The van der Waals surface area contributed by atoms with Gasteiger partial charge < -0.3 is 9.47 Å². The summed E-state index contributed by atoms with van der Waals surface area (Å²) in [5.74, 6) is 0. The first-order chi connectivity index (χ1) is 10.5. The first-order valence-electron chi connectivity index (χ1n) is 7.85. The molecule has 2 bridgehead atoms. The molecular weight excluding hydrogens is 302 g/mol. The van der Waals surface area contributed by atoms with E-state index in [1.54, 1.807) is 22.5 Å². The lowest BCUT2D eigenvalue weighted by Crippen LogP contribution is -2.46. The Labute approximate surface area is 132 Å². The molecule has 0 unspecified atom stereocenters. The molecule has 3 atom stereocenters. The van der Waals surface area contributed by atoms with E-state index in [0.717, 1.165) is 18.4 Å². The third-order valence-corrected chi connectivity index (χ3v) is 6.38. The molecule has 22 heavy (non-hydrogen) atoms. The van der Waals surface area contributed by atoms with Gasteiger partial charge in [0.15, 0.2) is 0 Å². The summed E-state index contributed by atoms with van der Waals surface area (Å²) < 4.78 is 39.3. The molecule has 0 N–H and O–H groups in total. The van der Waals surface area contributed by atoms with Crippen LogP contribution in [0.3, 0.4) is 0 Å². The van der Waals surface area contributed by atoms with Gasteiger partial charge in [0.1, 0.15) is 6.10 Å². The van der Waals surface area contributed by atoms with Gasteiger partial charge in [-0.1, -0.05) is 12.1 Å². The third kappa shape index (κ3) is 2.80. The van der Waals surface area contributed by atoms with Gasteiger partial charge >= 0.3 is 0 Å². The van der Waals surface area contributed by atoms with Gasteiger partial charge in [0, 0.05) is 13.2 Å². The summed E-state index contributed by atoms with van der Waals surface area (Å²) in [4.78, 5) is 0.355. The van der Waals surface area contributed by atoms with Gasteiger partial charge in [0.2, 0.25) is 10.0 Å². The fourth-order valence-electron chi connectivity index (χ4n) is 3.48.